The second-order valence-electron chi connectivity index (χ2n) is 7.26. The van der Waals surface area contributed by atoms with Gasteiger partial charge in [-0.05, 0) is 44.0 Å². The van der Waals surface area contributed by atoms with Crippen molar-refractivity contribution in [2.75, 3.05) is 24.4 Å². The third-order valence-corrected chi connectivity index (χ3v) is 5.33. The average molecular weight is 409 g/mol. The number of amides is 2. The molecule has 0 fully saturated rings. The monoisotopic (exact) mass is 408 g/mol. The smallest absolute Gasteiger partial charge is 0.257 e. The standard InChI is InChI=1S/C23H28N4O3/c1-6-16(7-2)23(29)26(4)22-15(3)24-20-12-11-17(14-27(20)22)21(28)25-18-9-8-10-19(13-18)30-5/h8-14,16H,6-7H2,1-5H3,(H,25,28). The van der Waals surface area contributed by atoms with E-state index in [1.165, 1.54) is 0 Å². The molecule has 7 heteroatoms. The van der Waals surface area contributed by atoms with Gasteiger partial charge in [-0.1, -0.05) is 19.9 Å². The molecule has 0 saturated heterocycles. The minimum Gasteiger partial charge on any atom is -0.497 e. The molecule has 0 radical (unpaired) electrons. The maximum atomic E-state index is 12.9. The number of aromatic nitrogens is 2. The molecule has 2 heterocycles. The summed E-state index contributed by atoms with van der Waals surface area (Å²) in [7, 11) is 3.34. The molecule has 0 unspecified atom stereocenters. The van der Waals surface area contributed by atoms with Crippen LogP contribution in [0, 0.1) is 12.8 Å². The molecule has 3 aromatic rings. The fraction of sp³-hybridized carbons (Fsp3) is 0.348. The minimum absolute atomic E-state index is 0.0421. The van der Waals surface area contributed by atoms with Crippen molar-refractivity contribution < 1.29 is 14.3 Å². The number of methoxy groups -OCH3 is 1. The molecule has 0 bridgehead atoms. The molecule has 0 aliphatic heterocycles. The summed E-state index contributed by atoms with van der Waals surface area (Å²) < 4.78 is 7.01. The van der Waals surface area contributed by atoms with Gasteiger partial charge in [0.1, 0.15) is 17.2 Å². The van der Waals surface area contributed by atoms with Crippen LogP contribution in [0.3, 0.4) is 0 Å². The first-order valence-corrected chi connectivity index (χ1v) is 10.1. The second-order valence-corrected chi connectivity index (χ2v) is 7.26. The SMILES string of the molecule is CCC(CC)C(=O)N(C)c1c(C)nc2ccc(C(=O)Nc3cccc(OC)c3)cn12. The topological polar surface area (TPSA) is 75.9 Å². The van der Waals surface area contributed by atoms with E-state index in [-0.39, 0.29) is 17.7 Å². The Morgan fingerprint density at radius 1 is 1.20 bits per heavy atom. The first kappa shape index (κ1) is 21.4. The fourth-order valence-corrected chi connectivity index (χ4v) is 3.61. The molecular formula is C23H28N4O3. The Morgan fingerprint density at radius 3 is 2.60 bits per heavy atom. The highest BCUT2D eigenvalue weighted by Gasteiger charge is 2.24. The summed E-state index contributed by atoms with van der Waals surface area (Å²) in [6, 6.07) is 10.7. The predicted octanol–water partition coefficient (Wildman–Crippen LogP) is 4.30. The Labute approximate surface area is 176 Å². The zero-order valence-corrected chi connectivity index (χ0v) is 18.1. The highest BCUT2D eigenvalue weighted by Crippen LogP contribution is 2.25. The molecule has 0 saturated carbocycles. The zero-order valence-electron chi connectivity index (χ0n) is 18.1. The molecule has 0 spiro atoms. The molecule has 1 aromatic carbocycles. The number of hydrogen-bond acceptors (Lipinski definition) is 4. The van der Waals surface area contributed by atoms with Crippen molar-refractivity contribution in [1.29, 1.82) is 0 Å². The number of benzene rings is 1. The van der Waals surface area contributed by atoms with Gasteiger partial charge in [-0.2, -0.15) is 0 Å². The van der Waals surface area contributed by atoms with Crippen LogP contribution in [0.4, 0.5) is 11.5 Å². The molecular weight excluding hydrogens is 380 g/mol. The Bertz CT molecular complexity index is 1070. The molecule has 2 amide bonds. The lowest BCUT2D eigenvalue weighted by atomic mass is 10.0. The van der Waals surface area contributed by atoms with Crippen molar-refractivity contribution in [3.05, 3.63) is 53.9 Å². The molecule has 2 aromatic heterocycles. The van der Waals surface area contributed by atoms with Gasteiger partial charge >= 0.3 is 0 Å². The van der Waals surface area contributed by atoms with E-state index >= 15 is 0 Å². The maximum absolute atomic E-state index is 12.9. The number of fused-ring (bicyclic) bond motifs is 1. The number of nitrogens with zero attached hydrogens (tertiary/aromatic N) is 3. The molecule has 3 rings (SSSR count). The Balaban J connectivity index is 1.94. The van der Waals surface area contributed by atoms with Crippen LogP contribution in [0.25, 0.3) is 5.65 Å². The molecule has 0 aliphatic carbocycles. The number of imidazole rings is 1. The van der Waals surface area contributed by atoms with Gasteiger partial charge < -0.3 is 10.1 Å². The van der Waals surface area contributed by atoms with Crippen LogP contribution in [0.15, 0.2) is 42.6 Å². The highest BCUT2D eigenvalue weighted by atomic mass is 16.5. The summed E-state index contributed by atoms with van der Waals surface area (Å²) in [6.45, 7) is 5.90. The van der Waals surface area contributed by atoms with Crippen LogP contribution in [-0.4, -0.2) is 35.4 Å². The number of anilines is 2. The van der Waals surface area contributed by atoms with E-state index in [1.807, 2.05) is 32.9 Å². The van der Waals surface area contributed by atoms with Gasteiger partial charge in [0.05, 0.1) is 18.4 Å². The van der Waals surface area contributed by atoms with Crippen molar-refractivity contribution in [3.63, 3.8) is 0 Å². The molecule has 0 aliphatic rings. The molecule has 0 atom stereocenters. The largest absolute Gasteiger partial charge is 0.497 e. The van der Waals surface area contributed by atoms with Crippen molar-refractivity contribution in [3.8, 4) is 5.75 Å². The number of ether oxygens (including phenoxy) is 1. The van der Waals surface area contributed by atoms with Crippen LogP contribution in [-0.2, 0) is 4.79 Å². The minimum atomic E-state index is -0.253. The third-order valence-electron chi connectivity index (χ3n) is 5.33. The first-order chi connectivity index (χ1) is 14.4. The highest BCUT2D eigenvalue weighted by molar-refractivity contribution is 6.04. The van der Waals surface area contributed by atoms with Gasteiger partial charge in [0.25, 0.3) is 5.91 Å². The Kier molecular flexibility index (Phi) is 6.40. The second kappa shape index (κ2) is 8.98. The van der Waals surface area contributed by atoms with Crippen LogP contribution in [0.1, 0.15) is 42.7 Å². The summed E-state index contributed by atoms with van der Waals surface area (Å²) in [4.78, 5) is 31.9. The van der Waals surface area contributed by atoms with Crippen LogP contribution < -0.4 is 15.0 Å². The number of carbonyl (C=O) groups is 2. The van der Waals surface area contributed by atoms with E-state index in [4.69, 9.17) is 4.74 Å². The Morgan fingerprint density at radius 2 is 1.93 bits per heavy atom. The summed E-state index contributed by atoms with van der Waals surface area (Å²) in [5.41, 5.74) is 2.53. The van der Waals surface area contributed by atoms with Crippen LogP contribution in [0.5, 0.6) is 5.75 Å². The number of nitrogens with one attached hydrogen (secondary N) is 1. The van der Waals surface area contributed by atoms with E-state index in [9.17, 15) is 9.59 Å². The van der Waals surface area contributed by atoms with E-state index in [1.54, 1.807) is 53.9 Å². The van der Waals surface area contributed by atoms with Gasteiger partial charge in [-0.15, -0.1) is 0 Å². The molecule has 7 nitrogen and oxygen atoms in total. The summed E-state index contributed by atoms with van der Waals surface area (Å²) in [5.74, 6) is 1.10. The predicted molar refractivity (Wildman–Crippen MR) is 118 cm³/mol. The summed E-state index contributed by atoms with van der Waals surface area (Å²) in [5, 5.41) is 2.88. The van der Waals surface area contributed by atoms with E-state index in [0.717, 1.165) is 18.5 Å². The maximum Gasteiger partial charge on any atom is 0.257 e. The van der Waals surface area contributed by atoms with Crippen molar-refractivity contribution in [2.45, 2.75) is 33.6 Å². The van der Waals surface area contributed by atoms with E-state index in [2.05, 4.69) is 10.3 Å². The fourth-order valence-electron chi connectivity index (χ4n) is 3.61. The molecule has 1 N–H and O–H groups in total. The lowest BCUT2D eigenvalue weighted by Crippen LogP contribution is -2.33. The van der Waals surface area contributed by atoms with Crippen LogP contribution >= 0.6 is 0 Å². The van der Waals surface area contributed by atoms with Crippen LogP contribution in [0.2, 0.25) is 0 Å². The molecule has 158 valence electrons. The van der Waals surface area contributed by atoms with Crippen molar-refractivity contribution in [1.82, 2.24) is 9.38 Å². The third kappa shape index (κ3) is 4.15. The quantitative estimate of drug-likeness (QED) is 0.632. The lowest BCUT2D eigenvalue weighted by Gasteiger charge is -2.22. The number of carbonyl (C=O) groups excluding carboxylic acids is 2. The molecule has 30 heavy (non-hydrogen) atoms. The van der Waals surface area contributed by atoms with Gasteiger partial charge in [0.2, 0.25) is 5.91 Å². The van der Waals surface area contributed by atoms with Crippen molar-refractivity contribution in [2.24, 2.45) is 5.92 Å². The summed E-state index contributed by atoms with van der Waals surface area (Å²) >= 11 is 0. The van der Waals surface area contributed by atoms with Gasteiger partial charge in [-0.3, -0.25) is 18.9 Å². The first-order valence-electron chi connectivity index (χ1n) is 10.1. The van der Waals surface area contributed by atoms with Gasteiger partial charge in [0, 0.05) is 30.9 Å². The van der Waals surface area contributed by atoms with Gasteiger partial charge in [0.15, 0.2) is 0 Å². The number of aryl methyl sites for hydroxylation is 1. The normalized spacial score (nSPS) is 11.0. The lowest BCUT2D eigenvalue weighted by molar-refractivity contribution is -0.122. The van der Waals surface area contributed by atoms with Crippen molar-refractivity contribution >= 4 is 29.0 Å². The number of rotatable bonds is 7. The van der Waals surface area contributed by atoms with E-state index < -0.39 is 0 Å². The van der Waals surface area contributed by atoms with Gasteiger partial charge in [-0.25, -0.2) is 4.98 Å². The average Bonchev–Trinajstić information content (AvgIpc) is 3.08. The Hall–Kier alpha value is -3.35. The van der Waals surface area contributed by atoms with E-state index in [0.29, 0.717) is 28.5 Å². The number of pyridine rings is 1. The summed E-state index contributed by atoms with van der Waals surface area (Å²) in [6.07, 6.45) is 3.28. The number of hydrogen-bond donors (Lipinski definition) is 1. The zero-order chi connectivity index (χ0) is 21.8.